The molecule has 0 aromatic carbocycles. The smallest absolute Gasteiger partial charge is 0.309 e. The van der Waals surface area contributed by atoms with Gasteiger partial charge in [-0.25, -0.2) is 0 Å². The quantitative estimate of drug-likeness (QED) is 0.0526. The molecule has 306 valence electrons. The molecule has 0 saturated heterocycles. The van der Waals surface area contributed by atoms with E-state index in [1.807, 2.05) is 0 Å². The van der Waals surface area contributed by atoms with E-state index in [-0.39, 0.29) is 58.9 Å². The number of ether oxygens (including phenoxy) is 12. The summed E-state index contributed by atoms with van der Waals surface area (Å²) in [6.45, 7) is 3.30. The number of hydrogen-bond acceptors (Lipinski definition) is 15. The largest absolute Gasteiger partial charge is 0.465 e. The molecule has 0 aromatic heterocycles. The van der Waals surface area contributed by atoms with Crippen molar-refractivity contribution in [3.63, 3.8) is 0 Å². The second-order valence-corrected chi connectivity index (χ2v) is 13.4. The molecule has 0 fully saturated rings. The van der Waals surface area contributed by atoms with Gasteiger partial charge in [-0.3, -0.25) is 14.4 Å². The van der Waals surface area contributed by atoms with E-state index in [4.69, 9.17) is 56.8 Å². The van der Waals surface area contributed by atoms with Crippen LogP contribution in [0.2, 0.25) is 0 Å². The average Bonchev–Trinajstić information content (AvgIpc) is 3.13. The van der Waals surface area contributed by atoms with E-state index in [1.165, 1.54) is 0 Å². The van der Waals surface area contributed by atoms with Crippen molar-refractivity contribution in [2.75, 3.05) is 143 Å². The van der Waals surface area contributed by atoms with Crippen molar-refractivity contribution >= 4 is 17.9 Å². The van der Waals surface area contributed by atoms with Gasteiger partial charge in [-0.1, -0.05) is 12.2 Å². The predicted octanol–water partition coefficient (Wildman–Crippen LogP) is 3.30. The summed E-state index contributed by atoms with van der Waals surface area (Å²) in [7, 11) is 14.2. The van der Waals surface area contributed by atoms with Crippen molar-refractivity contribution in [3.05, 3.63) is 12.2 Å². The summed E-state index contributed by atoms with van der Waals surface area (Å²) >= 11 is 0. The fourth-order valence-electron chi connectivity index (χ4n) is 5.80. The van der Waals surface area contributed by atoms with Crippen LogP contribution in [0.25, 0.3) is 0 Å². The van der Waals surface area contributed by atoms with Crippen LogP contribution >= 0.6 is 0 Å². The molecule has 0 aromatic rings. The Balaban J connectivity index is 5.95. The maximum Gasteiger partial charge on any atom is 0.309 e. The lowest BCUT2D eigenvalue weighted by atomic mass is 9.83. The minimum absolute atomic E-state index is 0.0324. The fourth-order valence-corrected chi connectivity index (χ4v) is 5.80. The van der Waals surface area contributed by atoms with E-state index >= 15 is 0 Å². The molecular weight excluding hydrogens is 684 g/mol. The molecule has 0 aliphatic heterocycles. The highest BCUT2D eigenvalue weighted by atomic mass is 16.6. The first-order chi connectivity index (χ1) is 25.0. The molecule has 1 atom stereocenters. The van der Waals surface area contributed by atoms with E-state index in [1.54, 1.807) is 76.1 Å². The Morgan fingerprint density at radius 3 is 1.21 bits per heavy atom. The zero-order valence-corrected chi connectivity index (χ0v) is 33.3. The number of allylic oxidation sites excluding steroid dienone is 1. The first-order valence-electron chi connectivity index (χ1n) is 17.6. The highest BCUT2D eigenvalue weighted by Crippen LogP contribution is 2.31. The molecule has 0 N–H and O–H groups in total. The first kappa shape index (κ1) is 49.8. The Labute approximate surface area is 311 Å². The average molecular weight is 753 g/mol. The summed E-state index contributed by atoms with van der Waals surface area (Å²) in [5.41, 5.74) is -1.76. The minimum Gasteiger partial charge on any atom is -0.465 e. The molecule has 0 bridgehead atoms. The van der Waals surface area contributed by atoms with Gasteiger partial charge in [-0.2, -0.15) is 0 Å². The summed E-state index contributed by atoms with van der Waals surface area (Å²) in [6, 6.07) is 0. The molecule has 0 aliphatic rings. The van der Waals surface area contributed by atoms with Gasteiger partial charge in [-0.05, 0) is 32.1 Å². The van der Waals surface area contributed by atoms with Crippen LogP contribution in [0.5, 0.6) is 0 Å². The number of carbonyl (C=O) groups is 3. The van der Waals surface area contributed by atoms with Crippen LogP contribution in [-0.4, -0.2) is 161 Å². The maximum atomic E-state index is 13.6. The van der Waals surface area contributed by atoms with Gasteiger partial charge in [0.1, 0.15) is 6.61 Å². The van der Waals surface area contributed by atoms with Gasteiger partial charge >= 0.3 is 17.9 Å². The van der Waals surface area contributed by atoms with E-state index in [2.05, 4.69) is 0 Å². The first-order valence-corrected chi connectivity index (χ1v) is 17.6. The third kappa shape index (κ3) is 20.9. The molecule has 0 radical (unpaired) electrons. The molecule has 0 saturated carbocycles. The molecule has 0 aliphatic carbocycles. The Kier molecular flexibility index (Phi) is 28.9. The standard InChI is InChI=1S/C37H68O15/c1-41-18-14-35(23-45-5,15-19-42-2)28-51-33(39)22-31(34(40)52-29-36(24-46-6,16-20-43-3)17-21-44-4)12-10-11-13-32(38)50-30-37(25-47-7,26-48-8)27-49-9/h10-11,31H,12-30H2,1-9H3. The molecule has 0 spiro atoms. The Morgan fingerprint density at radius 2 is 0.808 bits per heavy atom. The highest BCUT2D eigenvalue weighted by Gasteiger charge is 2.36. The Bertz CT molecular complexity index is 924. The summed E-state index contributed by atoms with van der Waals surface area (Å²) in [4.78, 5) is 39.6. The van der Waals surface area contributed by atoms with Gasteiger partial charge in [0.15, 0.2) is 0 Å². The number of carbonyl (C=O) groups excluding carboxylic acids is 3. The molecule has 0 heterocycles. The van der Waals surface area contributed by atoms with E-state index in [0.29, 0.717) is 65.3 Å². The van der Waals surface area contributed by atoms with Crippen LogP contribution in [-0.2, 0) is 71.2 Å². The van der Waals surface area contributed by atoms with Gasteiger partial charge in [0, 0.05) is 101 Å². The second-order valence-electron chi connectivity index (χ2n) is 13.4. The van der Waals surface area contributed by atoms with Crippen molar-refractivity contribution < 1.29 is 71.2 Å². The zero-order chi connectivity index (χ0) is 39.1. The normalized spacial score (nSPS) is 13.0. The molecule has 52 heavy (non-hydrogen) atoms. The molecule has 15 heteroatoms. The number of methoxy groups -OCH3 is 9. The Hall–Kier alpha value is -2.21. The van der Waals surface area contributed by atoms with Crippen molar-refractivity contribution in [2.45, 2.75) is 44.9 Å². The van der Waals surface area contributed by atoms with E-state index < -0.39 is 40.1 Å². The van der Waals surface area contributed by atoms with Gasteiger partial charge in [0.2, 0.25) is 0 Å². The van der Waals surface area contributed by atoms with Gasteiger partial charge in [0.05, 0.1) is 70.4 Å². The van der Waals surface area contributed by atoms with Crippen LogP contribution in [0, 0.1) is 22.2 Å². The highest BCUT2D eigenvalue weighted by molar-refractivity contribution is 5.80. The third-order valence-electron chi connectivity index (χ3n) is 8.82. The van der Waals surface area contributed by atoms with Crippen molar-refractivity contribution in [1.29, 1.82) is 0 Å². The molecule has 0 amide bonds. The van der Waals surface area contributed by atoms with Gasteiger partial charge < -0.3 is 56.8 Å². The lowest BCUT2D eigenvalue weighted by Gasteiger charge is -2.33. The third-order valence-corrected chi connectivity index (χ3v) is 8.82. The minimum atomic E-state index is -0.891. The summed E-state index contributed by atoms with van der Waals surface area (Å²) in [5, 5.41) is 0. The molecule has 0 rings (SSSR count). The second kappa shape index (κ2) is 30.2. The summed E-state index contributed by atoms with van der Waals surface area (Å²) in [6.07, 6.45) is 5.36. The van der Waals surface area contributed by atoms with E-state index in [9.17, 15) is 14.4 Å². The summed E-state index contributed by atoms with van der Waals surface area (Å²) < 4.78 is 65.4. The molecule has 1 unspecified atom stereocenters. The number of rotatable bonds is 35. The SMILES string of the molecule is COCCC(CCOC)(COC)COC(=O)CC(CC=CCC(=O)OCC(COC)(COC)COC)C(=O)OCC(CCOC)(CCOC)COC. The Morgan fingerprint density at radius 1 is 0.442 bits per heavy atom. The molecule has 15 nitrogen and oxygen atoms in total. The zero-order valence-electron chi connectivity index (χ0n) is 33.3. The van der Waals surface area contributed by atoms with Crippen LogP contribution in [0.15, 0.2) is 12.2 Å². The van der Waals surface area contributed by atoms with Crippen LogP contribution < -0.4 is 0 Å². The van der Waals surface area contributed by atoms with Crippen molar-refractivity contribution in [3.8, 4) is 0 Å². The monoisotopic (exact) mass is 752 g/mol. The van der Waals surface area contributed by atoms with Crippen LogP contribution in [0.3, 0.4) is 0 Å². The lowest BCUT2D eigenvalue weighted by molar-refractivity contribution is -0.161. The van der Waals surface area contributed by atoms with Crippen molar-refractivity contribution in [1.82, 2.24) is 0 Å². The topological polar surface area (TPSA) is 162 Å². The maximum absolute atomic E-state index is 13.6. The summed E-state index contributed by atoms with van der Waals surface area (Å²) in [5.74, 6) is -2.52. The number of esters is 3. The van der Waals surface area contributed by atoms with Gasteiger partial charge in [0.25, 0.3) is 0 Å². The molecular formula is C37H68O15. The fraction of sp³-hybridized carbons (Fsp3) is 0.865. The predicted molar refractivity (Wildman–Crippen MR) is 192 cm³/mol. The van der Waals surface area contributed by atoms with Crippen LogP contribution in [0.4, 0.5) is 0 Å². The lowest BCUT2D eigenvalue weighted by Crippen LogP contribution is -2.41. The number of hydrogen-bond donors (Lipinski definition) is 0. The van der Waals surface area contributed by atoms with Crippen LogP contribution in [0.1, 0.15) is 44.9 Å². The van der Waals surface area contributed by atoms with E-state index in [0.717, 1.165) is 0 Å². The van der Waals surface area contributed by atoms with Crippen molar-refractivity contribution in [2.24, 2.45) is 22.2 Å². The van der Waals surface area contributed by atoms with Gasteiger partial charge in [-0.15, -0.1) is 0 Å².